The summed E-state index contributed by atoms with van der Waals surface area (Å²) in [6, 6.07) is 5.04. The van der Waals surface area contributed by atoms with Crippen LogP contribution >= 0.6 is 0 Å². The van der Waals surface area contributed by atoms with Crippen LogP contribution in [0.5, 0.6) is 0 Å². The van der Waals surface area contributed by atoms with Crippen LogP contribution in [0.2, 0.25) is 0 Å². The predicted octanol–water partition coefficient (Wildman–Crippen LogP) is 2.02. The van der Waals surface area contributed by atoms with Crippen molar-refractivity contribution in [3.8, 4) is 0 Å². The molecule has 0 atom stereocenters. The maximum absolute atomic E-state index is 11.6. The molecule has 0 aliphatic rings. The summed E-state index contributed by atoms with van der Waals surface area (Å²) < 4.78 is 14.7. The minimum Gasteiger partial charge on any atom is -0.462 e. The first kappa shape index (κ1) is 13.9. The van der Waals surface area contributed by atoms with Crippen LogP contribution in [-0.4, -0.2) is 42.8 Å². The number of benzene rings is 1. The van der Waals surface area contributed by atoms with Crippen LogP contribution < -0.4 is 0 Å². The molecule has 2 rings (SSSR count). The number of ether oxygens (including phenoxy) is 3. The maximum atomic E-state index is 11.6. The predicted molar refractivity (Wildman–Crippen MR) is 73.2 cm³/mol. The van der Waals surface area contributed by atoms with Crippen LogP contribution in [0.15, 0.2) is 23.2 Å². The molecule has 7 nitrogen and oxygen atoms in total. The maximum Gasteiger partial charge on any atom is 0.391 e. The number of hydrogen-bond acceptors (Lipinski definition) is 6. The number of fused-ring (bicyclic) bond motifs is 1. The second kappa shape index (κ2) is 6.05. The Morgan fingerprint density at radius 3 is 2.75 bits per heavy atom. The first-order valence-corrected chi connectivity index (χ1v) is 6.01. The quantitative estimate of drug-likeness (QED) is 0.527. The third-order valence-corrected chi connectivity index (χ3v) is 2.53. The molecule has 1 aromatic carbocycles. The SMILES string of the molecule is CCOC(=O)c1ccc2nc(N=C(OC)OC)[nH]c2c1. The van der Waals surface area contributed by atoms with Crippen molar-refractivity contribution in [2.45, 2.75) is 6.92 Å². The van der Waals surface area contributed by atoms with Crippen molar-refractivity contribution in [1.29, 1.82) is 0 Å². The lowest BCUT2D eigenvalue weighted by molar-refractivity contribution is 0.0526. The Morgan fingerprint density at radius 1 is 1.35 bits per heavy atom. The van der Waals surface area contributed by atoms with E-state index < -0.39 is 0 Å². The summed E-state index contributed by atoms with van der Waals surface area (Å²) in [7, 11) is 2.90. The molecule has 0 saturated heterocycles. The number of nitrogens with zero attached hydrogens (tertiary/aromatic N) is 2. The number of aliphatic imine (C=N–C) groups is 1. The summed E-state index contributed by atoms with van der Waals surface area (Å²) in [6.45, 7) is 2.09. The van der Waals surface area contributed by atoms with Crippen LogP contribution in [-0.2, 0) is 14.2 Å². The topological polar surface area (TPSA) is 85.8 Å². The van der Waals surface area contributed by atoms with E-state index in [4.69, 9.17) is 14.2 Å². The summed E-state index contributed by atoms with van der Waals surface area (Å²) in [5.41, 5.74) is 1.82. The van der Waals surface area contributed by atoms with Gasteiger partial charge < -0.3 is 19.2 Å². The third-order valence-electron chi connectivity index (χ3n) is 2.53. The van der Waals surface area contributed by atoms with Gasteiger partial charge in [0, 0.05) is 0 Å². The van der Waals surface area contributed by atoms with Gasteiger partial charge in [0.05, 0.1) is 37.4 Å². The van der Waals surface area contributed by atoms with E-state index in [1.54, 1.807) is 25.1 Å². The lowest BCUT2D eigenvalue weighted by Crippen LogP contribution is -2.04. The Morgan fingerprint density at radius 2 is 2.10 bits per heavy atom. The number of carbonyl (C=O) groups excluding carboxylic acids is 1. The van der Waals surface area contributed by atoms with Crippen molar-refractivity contribution in [3.05, 3.63) is 23.8 Å². The number of aromatic nitrogens is 2. The number of imidazole rings is 1. The smallest absolute Gasteiger partial charge is 0.391 e. The minimum absolute atomic E-state index is 0.0923. The normalized spacial score (nSPS) is 10.2. The molecular formula is C13H15N3O4. The van der Waals surface area contributed by atoms with Gasteiger partial charge in [-0.2, -0.15) is 0 Å². The monoisotopic (exact) mass is 277 g/mol. The number of methoxy groups -OCH3 is 2. The van der Waals surface area contributed by atoms with E-state index >= 15 is 0 Å². The molecule has 0 radical (unpaired) electrons. The molecule has 1 aromatic heterocycles. The fourth-order valence-electron chi connectivity index (χ4n) is 1.65. The summed E-state index contributed by atoms with van der Waals surface area (Å²) in [5, 5.41) is 0. The van der Waals surface area contributed by atoms with Crippen molar-refractivity contribution >= 4 is 29.0 Å². The molecule has 0 amide bonds. The summed E-state index contributed by atoms with van der Waals surface area (Å²) in [6.07, 6.45) is 0.0923. The number of aromatic amines is 1. The molecule has 2 aromatic rings. The van der Waals surface area contributed by atoms with Gasteiger partial charge in [0.25, 0.3) is 0 Å². The molecule has 1 heterocycles. The van der Waals surface area contributed by atoms with Crippen molar-refractivity contribution in [3.63, 3.8) is 0 Å². The van der Waals surface area contributed by atoms with Crippen LogP contribution in [0, 0.1) is 0 Å². The van der Waals surface area contributed by atoms with Crippen LogP contribution in [0.25, 0.3) is 11.0 Å². The fourth-order valence-corrected chi connectivity index (χ4v) is 1.65. The van der Waals surface area contributed by atoms with Gasteiger partial charge in [-0.05, 0) is 25.1 Å². The van der Waals surface area contributed by atoms with E-state index in [1.165, 1.54) is 14.2 Å². The largest absolute Gasteiger partial charge is 0.462 e. The van der Waals surface area contributed by atoms with Crippen LogP contribution in [0.3, 0.4) is 0 Å². The van der Waals surface area contributed by atoms with Crippen molar-refractivity contribution in [2.75, 3.05) is 20.8 Å². The van der Waals surface area contributed by atoms with Gasteiger partial charge in [0.15, 0.2) is 0 Å². The Kier molecular flexibility index (Phi) is 4.19. The van der Waals surface area contributed by atoms with Crippen molar-refractivity contribution in [1.82, 2.24) is 9.97 Å². The minimum atomic E-state index is -0.372. The van der Waals surface area contributed by atoms with E-state index in [0.717, 1.165) is 0 Å². The Hall–Kier alpha value is -2.57. The van der Waals surface area contributed by atoms with Gasteiger partial charge in [-0.1, -0.05) is 0 Å². The van der Waals surface area contributed by atoms with E-state index in [9.17, 15) is 4.79 Å². The summed E-state index contributed by atoms with van der Waals surface area (Å²) >= 11 is 0. The third kappa shape index (κ3) is 2.87. The molecule has 1 N–H and O–H groups in total. The van der Waals surface area contributed by atoms with Gasteiger partial charge in [-0.15, -0.1) is 4.99 Å². The summed E-state index contributed by atoms with van der Waals surface area (Å²) in [5.74, 6) is -0.0387. The molecule has 20 heavy (non-hydrogen) atoms. The highest BCUT2D eigenvalue weighted by molar-refractivity contribution is 5.94. The average molecular weight is 277 g/mol. The molecule has 106 valence electrons. The highest BCUT2D eigenvalue weighted by Gasteiger charge is 2.10. The van der Waals surface area contributed by atoms with Crippen molar-refractivity contribution < 1.29 is 19.0 Å². The number of nitrogens with one attached hydrogen (secondary N) is 1. The molecule has 0 aliphatic carbocycles. The number of rotatable bonds is 3. The Labute approximate surface area is 115 Å². The molecule has 0 fully saturated rings. The van der Waals surface area contributed by atoms with Gasteiger partial charge in [-0.3, -0.25) is 0 Å². The number of H-pyrrole nitrogens is 1. The van der Waals surface area contributed by atoms with Gasteiger partial charge >= 0.3 is 12.1 Å². The zero-order chi connectivity index (χ0) is 14.5. The average Bonchev–Trinajstić information content (AvgIpc) is 2.86. The highest BCUT2D eigenvalue weighted by Crippen LogP contribution is 2.18. The van der Waals surface area contributed by atoms with Crippen LogP contribution in [0.1, 0.15) is 17.3 Å². The van der Waals surface area contributed by atoms with Crippen molar-refractivity contribution in [2.24, 2.45) is 4.99 Å². The van der Waals surface area contributed by atoms with E-state index in [2.05, 4.69) is 15.0 Å². The lowest BCUT2D eigenvalue weighted by atomic mass is 10.2. The Bertz CT molecular complexity index is 642. The van der Waals surface area contributed by atoms with E-state index in [0.29, 0.717) is 29.2 Å². The zero-order valence-electron chi connectivity index (χ0n) is 11.5. The van der Waals surface area contributed by atoms with Gasteiger partial charge in [0.2, 0.25) is 5.95 Å². The van der Waals surface area contributed by atoms with Gasteiger partial charge in [-0.25, -0.2) is 9.78 Å². The zero-order valence-corrected chi connectivity index (χ0v) is 11.5. The second-order valence-electron chi connectivity index (χ2n) is 3.80. The molecule has 7 heteroatoms. The molecule has 0 bridgehead atoms. The lowest BCUT2D eigenvalue weighted by Gasteiger charge is -2.00. The van der Waals surface area contributed by atoms with Crippen LogP contribution in [0.4, 0.5) is 5.95 Å². The number of esters is 1. The number of hydrogen-bond donors (Lipinski definition) is 1. The molecule has 0 aliphatic heterocycles. The van der Waals surface area contributed by atoms with E-state index in [-0.39, 0.29) is 12.1 Å². The number of carbonyl (C=O) groups is 1. The van der Waals surface area contributed by atoms with Gasteiger partial charge in [0.1, 0.15) is 0 Å². The second-order valence-corrected chi connectivity index (χ2v) is 3.80. The standard InChI is InChI=1S/C13H15N3O4/c1-4-20-11(17)8-5-6-9-10(7-8)15-12(14-9)16-13(18-2)19-3/h5-7H,4H2,1-3H3,(H,14,15). The molecule has 0 unspecified atom stereocenters. The van der Waals surface area contributed by atoms with E-state index in [1.807, 2.05) is 0 Å². The molecule has 0 spiro atoms. The highest BCUT2D eigenvalue weighted by atomic mass is 16.7. The molecule has 0 saturated carbocycles. The first-order chi connectivity index (χ1) is 9.67. The summed E-state index contributed by atoms with van der Waals surface area (Å²) in [4.78, 5) is 22.9. The Balaban J connectivity index is 2.35. The fraction of sp³-hybridized carbons (Fsp3) is 0.308. The molecular weight excluding hydrogens is 262 g/mol. The first-order valence-electron chi connectivity index (χ1n) is 6.01.